The first-order valence-electron chi connectivity index (χ1n) is 4.20. The van der Waals surface area contributed by atoms with Gasteiger partial charge in [-0.25, -0.2) is 0 Å². The summed E-state index contributed by atoms with van der Waals surface area (Å²) in [4.78, 5) is 1.49. The molecule has 5 heteroatoms. The Balaban J connectivity index is 2.15. The standard InChI is InChI=1S/C7H15N5/c1-8-6-4-3-5-7-9-11-12(2)10-7/h8H,3-6H2,1-2H3. The Hall–Kier alpha value is -0.970. The van der Waals surface area contributed by atoms with Gasteiger partial charge in [-0.3, -0.25) is 0 Å². The Morgan fingerprint density at radius 2 is 2.25 bits per heavy atom. The van der Waals surface area contributed by atoms with Gasteiger partial charge in [-0.15, -0.1) is 10.2 Å². The zero-order chi connectivity index (χ0) is 8.81. The van der Waals surface area contributed by atoms with Crippen LogP contribution in [0.3, 0.4) is 0 Å². The van der Waals surface area contributed by atoms with Gasteiger partial charge in [0.1, 0.15) is 0 Å². The fourth-order valence-corrected chi connectivity index (χ4v) is 1.01. The molecule has 0 unspecified atom stereocenters. The van der Waals surface area contributed by atoms with E-state index in [1.807, 2.05) is 7.05 Å². The fraction of sp³-hybridized carbons (Fsp3) is 0.857. The summed E-state index contributed by atoms with van der Waals surface area (Å²) in [7, 11) is 3.74. The Labute approximate surface area is 72.2 Å². The van der Waals surface area contributed by atoms with E-state index in [9.17, 15) is 0 Å². The van der Waals surface area contributed by atoms with Gasteiger partial charge in [0.25, 0.3) is 0 Å². The molecular formula is C7H15N5. The van der Waals surface area contributed by atoms with Crippen LogP contribution < -0.4 is 5.32 Å². The molecule has 1 aromatic heterocycles. The number of hydrogen-bond acceptors (Lipinski definition) is 4. The first-order valence-corrected chi connectivity index (χ1v) is 4.20. The van der Waals surface area contributed by atoms with Crippen LogP contribution in [-0.2, 0) is 13.5 Å². The smallest absolute Gasteiger partial charge is 0.174 e. The molecule has 0 saturated carbocycles. The number of unbranched alkanes of at least 4 members (excludes halogenated alkanes) is 1. The van der Waals surface area contributed by atoms with Gasteiger partial charge in [-0.2, -0.15) is 4.80 Å². The molecule has 0 atom stereocenters. The average molecular weight is 169 g/mol. The maximum atomic E-state index is 4.08. The van der Waals surface area contributed by atoms with E-state index in [1.165, 1.54) is 4.80 Å². The number of tetrazole rings is 1. The molecule has 0 spiro atoms. The highest BCUT2D eigenvalue weighted by Crippen LogP contribution is 1.95. The first kappa shape index (κ1) is 9.12. The minimum Gasteiger partial charge on any atom is -0.320 e. The van der Waals surface area contributed by atoms with Crippen molar-refractivity contribution in [3.05, 3.63) is 5.82 Å². The third-order valence-corrected chi connectivity index (χ3v) is 1.63. The molecule has 0 aliphatic heterocycles. The van der Waals surface area contributed by atoms with Crippen molar-refractivity contribution >= 4 is 0 Å². The van der Waals surface area contributed by atoms with Crippen molar-refractivity contribution in [1.82, 2.24) is 25.5 Å². The van der Waals surface area contributed by atoms with Crippen molar-refractivity contribution in [2.45, 2.75) is 19.3 Å². The molecular weight excluding hydrogens is 154 g/mol. The van der Waals surface area contributed by atoms with Crippen LogP contribution in [0.5, 0.6) is 0 Å². The lowest BCUT2D eigenvalue weighted by molar-refractivity contribution is 0.623. The van der Waals surface area contributed by atoms with E-state index in [4.69, 9.17) is 0 Å². The van der Waals surface area contributed by atoms with Crippen molar-refractivity contribution in [3.63, 3.8) is 0 Å². The van der Waals surface area contributed by atoms with Crippen molar-refractivity contribution in [2.24, 2.45) is 7.05 Å². The molecule has 1 N–H and O–H groups in total. The Bertz CT molecular complexity index is 219. The van der Waals surface area contributed by atoms with Crippen LogP contribution in [0, 0.1) is 0 Å². The SMILES string of the molecule is CNCCCCc1nnn(C)n1. The van der Waals surface area contributed by atoms with Crippen LogP contribution in [0.1, 0.15) is 18.7 Å². The molecule has 0 aromatic carbocycles. The normalized spacial score (nSPS) is 10.5. The summed E-state index contributed by atoms with van der Waals surface area (Å²) < 4.78 is 0. The molecule has 1 heterocycles. The molecule has 0 aliphatic carbocycles. The van der Waals surface area contributed by atoms with E-state index in [0.717, 1.165) is 31.6 Å². The van der Waals surface area contributed by atoms with Gasteiger partial charge in [-0.05, 0) is 31.6 Å². The number of rotatable bonds is 5. The summed E-state index contributed by atoms with van der Waals surface area (Å²) in [5.41, 5.74) is 0. The minimum atomic E-state index is 0.841. The maximum absolute atomic E-state index is 4.08. The highest BCUT2D eigenvalue weighted by atomic mass is 15.6. The molecule has 0 radical (unpaired) electrons. The fourth-order valence-electron chi connectivity index (χ4n) is 1.01. The molecule has 1 aromatic rings. The van der Waals surface area contributed by atoms with Gasteiger partial charge in [0, 0.05) is 6.42 Å². The highest BCUT2D eigenvalue weighted by molar-refractivity contribution is 4.75. The molecule has 1 rings (SSSR count). The van der Waals surface area contributed by atoms with Crippen LogP contribution in [0.25, 0.3) is 0 Å². The zero-order valence-corrected chi connectivity index (χ0v) is 7.62. The zero-order valence-electron chi connectivity index (χ0n) is 7.62. The summed E-state index contributed by atoms with van der Waals surface area (Å²) >= 11 is 0. The third-order valence-electron chi connectivity index (χ3n) is 1.63. The molecule has 0 saturated heterocycles. The second-order valence-corrected chi connectivity index (χ2v) is 2.76. The van der Waals surface area contributed by atoms with Gasteiger partial charge in [0.2, 0.25) is 0 Å². The van der Waals surface area contributed by atoms with Crippen LogP contribution in [0.2, 0.25) is 0 Å². The molecule has 0 bridgehead atoms. The summed E-state index contributed by atoms with van der Waals surface area (Å²) in [6, 6.07) is 0. The lowest BCUT2D eigenvalue weighted by atomic mass is 10.2. The number of nitrogens with zero attached hydrogens (tertiary/aromatic N) is 4. The van der Waals surface area contributed by atoms with Crippen molar-refractivity contribution < 1.29 is 0 Å². The maximum Gasteiger partial charge on any atom is 0.174 e. The molecule has 12 heavy (non-hydrogen) atoms. The van der Waals surface area contributed by atoms with Crippen molar-refractivity contribution in [3.8, 4) is 0 Å². The van der Waals surface area contributed by atoms with E-state index in [-0.39, 0.29) is 0 Å². The largest absolute Gasteiger partial charge is 0.320 e. The van der Waals surface area contributed by atoms with Crippen molar-refractivity contribution in [1.29, 1.82) is 0 Å². The topological polar surface area (TPSA) is 55.6 Å². The van der Waals surface area contributed by atoms with Crippen LogP contribution in [-0.4, -0.2) is 33.8 Å². The summed E-state index contributed by atoms with van der Waals surface area (Å²) in [6.45, 7) is 1.06. The number of hydrogen-bond donors (Lipinski definition) is 1. The number of aryl methyl sites for hydroxylation is 2. The van der Waals surface area contributed by atoms with Gasteiger partial charge in [0.05, 0.1) is 7.05 Å². The first-order chi connectivity index (χ1) is 5.83. The Morgan fingerprint density at radius 1 is 1.42 bits per heavy atom. The molecule has 0 fully saturated rings. The van der Waals surface area contributed by atoms with Gasteiger partial charge in [0.15, 0.2) is 5.82 Å². The predicted octanol–water partition coefficient (Wildman–Crippen LogP) is -0.248. The third kappa shape index (κ3) is 2.96. The lowest BCUT2D eigenvalue weighted by Crippen LogP contribution is -2.07. The quantitative estimate of drug-likeness (QED) is 0.618. The van der Waals surface area contributed by atoms with E-state index < -0.39 is 0 Å². The summed E-state index contributed by atoms with van der Waals surface area (Å²) in [5.74, 6) is 0.841. The minimum absolute atomic E-state index is 0.841. The Kier molecular flexibility index (Phi) is 3.66. The average Bonchev–Trinajstić information content (AvgIpc) is 2.45. The molecule has 0 aliphatic rings. The second kappa shape index (κ2) is 4.82. The van der Waals surface area contributed by atoms with E-state index in [1.54, 1.807) is 7.05 Å². The van der Waals surface area contributed by atoms with Crippen LogP contribution in [0.4, 0.5) is 0 Å². The van der Waals surface area contributed by atoms with Crippen molar-refractivity contribution in [2.75, 3.05) is 13.6 Å². The predicted molar refractivity (Wildman–Crippen MR) is 45.7 cm³/mol. The number of nitrogens with one attached hydrogen (secondary N) is 1. The van der Waals surface area contributed by atoms with Gasteiger partial charge in [-0.1, -0.05) is 0 Å². The molecule has 5 nitrogen and oxygen atoms in total. The van der Waals surface area contributed by atoms with E-state index in [0.29, 0.717) is 0 Å². The van der Waals surface area contributed by atoms with E-state index in [2.05, 4.69) is 20.7 Å². The van der Waals surface area contributed by atoms with Crippen LogP contribution in [0.15, 0.2) is 0 Å². The molecule has 0 amide bonds. The van der Waals surface area contributed by atoms with Crippen LogP contribution >= 0.6 is 0 Å². The lowest BCUT2D eigenvalue weighted by Gasteiger charge is -1.95. The second-order valence-electron chi connectivity index (χ2n) is 2.76. The summed E-state index contributed by atoms with van der Waals surface area (Å²) in [6.07, 6.45) is 3.21. The van der Waals surface area contributed by atoms with E-state index >= 15 is 0 Å². The number of aromatic nitrogens is 4. The van der Waals surface area contributed by atoms with Gasteiger partial charge < -0.3 is 5.32 Å². The highest BCUT2D eigenvalue weighted by Gasteiger charge is 1.98. The monoisotopic (exact) mass is 169 g/mol. The molecule has 68 valence electrons. The van der Waals surface area contributed by atoms with Gasteiger partial charge >= 0.3 is 0 Å². The summed E-state index contributed by atoms with van der Waals surface area (Å²) in [5, 5.41) is 14.8. The Morgan fingerprint density at radius 3 is 2.83 bits per heavy atom.